The van der Waals surface area contributed by atoms with Gasteiger partial charge in [0.1, 0.15) is 12.7 Å². The fraction of sp³-hybridized carbons (Fsp3) is 0.600. The zero-order valence-electron chi connectivity index (χ0n) is 18.0. The Kier molecular flexibility index (Phi) is 11.9. The number of aliphatic hydroxyl groups excluding tert-OH is 1. The largest absolute Gasteiger partial charge is 0.493 e. The molecule has 1 aromatic rings. The van der Waals surface area contributed by atoms with Crippen LogP contribution in [0.4, 0.5) is 0 Å². The predicted octanol–water partition coefficient (Wildman–Crippen LogP) is 1.48. The summed E-state index contributed by atoms with van der Waals surface area (Å²) in [7, 11) is 1.62. The Morgan fingerprint density at radius 2 is 1.69 bits per heavy atom. The van der Waals surface area contributed by atoms with Gasteiger partial charge >= 0.3 is 11.9 Å². The van der Waals surface area contributed by atoms with E-state index in [0.29, 0.717) is 24.1 Å². The van der Waals surface area contributed by atoms with Crippen molar-refractivity contribution in [1.82, 2.24) is 10.6 Å². The number of carboxylic acid groups (broad SMARTS) is 2. The summed E-state index contributed by atoms with van der Waals surface area (Å²) in [5, 5.41) is 31.4. The third kappa shape index (κ3) is 13.4. The first-order valence-corrected chi connectivity index (χ1v) is 9.28. The fourth-order valence-electron chi connectivity index (χ4n) is 1.93. The summed E-state index contributed by atoms with van der Waals surface area (Å²) in [4.78, 5) is 18.2. The first-order chi connectivity index (χ1) is 13.4. The standard InChI is InChI=1S/C18H32N2O3.C2H2O4/c1-13(2)19-10-14-7-8-16(17(9-14)22-6)23-12-15(21)11-20-18(3,4)5;3-1(4)2(5)6/h7-9,13,15,19-21H,10-12H2,1-6H3;(H,3,4)(H,5,6). The number of hydrogen-bond acceptors (Lipinski definition) is 7. The predicted molar refractivity (Wildman–Crippen MR) is 109 cm³/mol. The van der Waals surface area contributed by atoms with Gasteiger partial charge in [0.2, 0.25) is 0 Å². The summed E-state index contributed by atoms with van der Waals surface area (Å²) < 4.78 is 11.1. The van der Waals surface area contributed by atoms with Crippen molar-refractivity contribution in [1.29, 1.82) is 0 Å². The Hall–Kier alpha value is -2.36. The maximum atomic E-state index is 10.00. The molecule has 166 valence electrons. The van der Waals surface area contributed by atoms with Crippen molar-refractivity contribution in [2.75, 3.05) is 20.3 Å². The van der Waals surface area contributed by atoms with E-state index in [2.05, 4.69) is 45.3 Å². The van der Waals surface area contributed by atoms with Crippen molar-refractivity contribution in [2.24, 2.45) is 0 Å². The quantitative estimate of drug-likeness (QED) is 0.380. The number of rotatable bonds is 9. The third-order valence-electron chi connectivity index (χ3n) is 3.42. The van der Waals surface area contributed by atoms with Crippen LogP contribution in [0.15, 0.2) is 18.2 Å². The number of aliphatic carboxylic acids is 2. The third-order valence-corrected chi connectivity index (χ3v) is 3.42. The van der Waals surface area contributed by atoms with Crippen LogP contribution in [0.1, 0.15) is 40.2 Å². The highest BCUT2D eigenvalue weighted by atomic mass is 16.5. The van der Waals surface area contributed by atoms with Crippen molar-refractivity contribution in [2.45, 2.75) is 58.8 Å². The molecule has 5 N–H and O–H groups in total. The second kappa shape index (κ2) is 13.0. The first-order valence-electron chi connectivity index (χ1n) is 9.28. The van der Waals surface area contributed by atoms with Crippen LogP contribution in [0.5, 0.6) is 11.5 Å². The number of benzene rings is 1. The number of hydrogen-bond donors (Lipinski definition) is 5. The highest BCUT2D eigenvalue weighted by Gasteiger charge is 2.14. The maximum absolute atomic E-state index is 10.00. The monoisotopic (exact) mass is 414 g/mol. The van der Waals surface area contributed by atoms with Gasteiger partial charge in [0.25, 0.3) is 0 Å². The molecule has 0 bridgehead atoms. The van der Waals surface area contributed by atoms with Gasteiger partial charge in [-0.25, -0.2) is 9.59 Å². The molecule has 0 amide bonds. The van der Waals surface area contributed by atoms with Crippen LogP contribution in [-0.4, -0.2) is 65.2 Å². The zero-order chi connectivity index (χ0) is 22.6. The van der Waals surface area contributed by atoms with E-state index in [1.807, 2.05) is 18.2 Å². The lowest BCUT2D eigenvalue weighted by molar-refractivity contribution is -0.159. The molecule has 1 rings (SSSR count). The number of ether oxygens (including phenoxy) is 2. The molecule has 0 spiro atoms. The van der Waals surface area contributed by atoms with Crippen molar-refractivity contribution < 1.29 is 34.4 Å². The van der Waals surface area contributed by atoms with Crippen LogP contribution in [0.3, 0.4) is 0 Å². The molecule has 0 saturated carbocycles. The van der Waals surface area contributed by atoms with Crippen LogP contribution in [-0.2, 0) is 16.1 Å². The number of β-amino-alcohol motifs (C(OH)–C–C–N with tert-alkyl or cyclic N) is 1. The van der Waals surface area contributed by atoms with E-state index in [-0.39, 0.29) is 12.1 Å². The van der Waals surface area contributed by atoms with Crippen LogP contribution >= 0.6 is 0 Å². The molecule has 0 radical (unpaired) electrons. The number of nitrogens with one attached hydrogen (secondary N) is 2. The number of methoxy groups -OCH3 is 1. The van der Waals surface area contributed by atoms with Crippen LogP contribution < -0.4 is 20.1 Å². The van der Waals surface area contributed by atoms with Gasteiger partial charge in [-0.1, -0.05) is 19.9 Å². The lowest BCUT2D eigenvalue weighted by atomic mass is 10.1. The molecule has 0 fully saturated rings. The molecule has 1 aromatic carbocycles. The molecule has 9 nitrogen and oxygen atoms in total. The van der Waals surface area contributed by atoms with Gasteiger partial charge in [-0.15, -0.1) is 0 Å². The van der Waals surface area contributed by atoms with Gasteiger partial charge in [-0.05, 0) is 38.5 Å². The van der Waals surface area contributed by atoms with E-state index in [1.54, 1.807) is 7.11 Å². The van der Waals surface area contributed by atoms with E-state index in [0.717, 1.165) is 12.1 Å². The second-order valence-electron chi connectivity index (χ2n) is 7.73. The number of aliphatic hydroxyl groups is 1. The first kappa shape index (κ1) is 26.6. The van der Waals surface area contributed by atoms with E-state index in [4.69, 9.17) is 29.3 Å². The van der Waals surface area contributed by atoms with E-state index in [9.17, 15) is 5.11 Å². The summed E-state index contributed by atoms with van der Waals surface area (Å²) in [6.45, 7) is 11.9. The average molecular weight is 414 g/mol. The smallest absolute Gasteiger partial charge is 0.414 e. The Balaban J connectivity index is 0.00000113. The molecule has 0 aliphatic heterocycles. The van der Waals surface area contributed by atoms with Crippen molar-refractivity contribution in [3.05, 3.63) is 23.8 Å². The number of carbonyl (C=O) groups is 2. The minimum Gasteiger partial charge on any atom is -0.493 e. The lowest BCUT2D eigenvalue weighted by Gasteiger charge is -2.23. The summed E-state index contributed by atoms with van der Waals surface area (Å²) in [5.41, 5.74) is 1.11. The summed E-state index contributed by atoms with van der Waals surface area (Å²) in [6, 6.07) is 6.29. The Morgan fingerprint density at radius 1 is 1.10 bits per heavy atom. The highest BCUT2D eigenvalue weighted by Crippen LogP contribution is 2.28. The fourth-order valence-corrected chi connectivity index (χ4v) is 1.93. The summed E-state index contributed by atoms with van der Waals surface area (Å²) in [6.07, 6.45) is -0.568. The van der Waals surface area contributed by atoms with Gasteiger partial charge in [-0.2, -0.15) is 0 Å². The van der Waals surface area contributed by atoms with Gasteiger partial charge < -0.3 is 35.4 Å². The molecular formula is C20H34N2O7. The molecule has 1 atom stereocenters. The zero-order valence-corrected chi connectivity index (χ0v) is 18.0. The molecule has 0 aromatic heterocycles. The Bertz CT molecular complexity index is 630. The Labute approximate surface area is 172 Å². The van der Waals surface area contributed by atoms with E-state index in [1.165, 1.54) is 0 Å². The SMILES string of the molecule is COc1cc(CNC(C)C)ccc1OCC(O)CNC(C)(C)C.O=C(O)C(=O)O. The van der Waals surface area contributed by atoms with E-state index < -0.39 is 18.0 Å². The minimum absolute atomic E-state index is 0.0241. The molecule has 29 heavy (non-hydrogen) atoms. The van der Waals surface area contributed by atoms with Gasteiger partial charge in [0.15, 0.2) is 11.5 Å². The minimum atomic E-state index is -1.82. The maximum Gasteiger partial charge on any atom is 0.414 e. The molecule has 0 saturated heterocycles. The summed E-state index contributed by atoms with van der Waals surface area (Å²) >= 11 is 0. The van der Waals surface area contributed by atoms with Crippen LogP contribution in [0.25, 0.3) is 0 Å². The summed E-state index contributed by atoms with van der Waals surface area (Å²) in [5.74, 6) is -2.32. The Morgan fingerprint density at radius 3 is 2.14 bits per heavy atom. The topological polar surface area (TPSA) is 137 Å². The molecule has 0 heterocycles. The normalized spacial score (nSPS) is 12.0. The lowest BCUT2D eigenvalue weighted by Crippen LogP contribution is -2.42. The molecular weight excluding hydrogens is 380 g/mol. The van der Waals surface area contributed by atoms with Gasteiger partial charge in [0.05, 0.1) is 7.11 Å². The van der Waals surface area contributed by atoms with Crippen molar-refractivity contribution in [3.63, 3.8) is 0 Å². The number of carboxylic acids is 2. The molecule has 1 unspecified atom stereocenters. The molecule has 0 aliphatic carbocycles. The molecule has 9 heteroatoms. The van der Waals surface area contributed by atoms with Crippen molar-refractivity contribution in [3.8, 4) is 11.5 Å². The van der Waals surface area contributed by atoms with Crippen LogP contribution in [0.2, 0.25) is 0 Å². The second-order valence-corrected chi connectivity index (χ2v) is 7.73. The average Bonchev–Trinajstić information content (AvgIpc) is 2.63. The van der Waals surface area contributed by atoms with E-state index >= 15 is 0 Å². The molecule has 0 aliphatic rings. The highest BCUT2D eigenvalue weighted by molar-refractivity contribution is 6.27. The van der Waals surface area contributed by atoms with Gasteiger partial charge in [-0.3, -0.25) is 0 Å². The van der Waals surface area contributed by atoms with Crippen molar-refractivity contribution >= 4 is 11.9 Å². The van der Waals surface area contributed by atoms with Gasteiger partial charge in [0, 0.05) is 24.7 Å². The van der Waals surface area contributed by atoms with Crippen LogP contribution in [0, 0.1) is 0 Å².